The molecule has 1 atom stereocenters. The van der Waals surface area contributed by atoms with Crippen LogP contribution in [0, 0.1) is 29.7 Å². The van der Waals surface area contributed by atoms with E-state index in [1.165, 1.54) is 0 Å². The number of rotatable bonds is 1. The normalized spacial score (nSPS) is 15.3. The number of aryl methyl sites for hydroxylation is 1. The lowest BCUT2D eigenvalue weighted by molar-refractivity contribution is 0.845. The molecule has 2 heterocycles. The minimum Gasteiger partial charge on any atom is -0.397 e. The van der Waals surface area contributed by atoms with Gasteiger partial charge < -0.3 is 16.8 Å². The zero-order valence-electron chi connectivity index (χ0n) is 12.8. The second kappa shape index (κ2) is 5.78. The van der Waals surface area contributed by atoms with Crippen molar-refractivity contribution >= 4 is 23.3 Å². The van der Waals surface area contributed by atoms with Crippen molar-refractivity contribution in [3.8, 4) is 12.3 Å². The summed E-state index contributed by atoms with van der Waals surface area (Å²) in [6, 6.07) is 9.22. The van der Waals surface area contributed by atoms with Crippen molar-refractivity contribution in [3.63, 3.8) is 0 Å². The summed E-state index contributed by atoms with van der Waals surface area (Å²) in [4.78, 5) is 8.70. The highest BCUT2D eigenvalue weighted by Gasteiger charge is 2.29. The number of nitrogens with one attached hydrogen (secondary N) is 2. The Morgan fingerprint density at radius 1 is 1.29 bits per heavy atom. The highest BCUT2D eigenvalue weighted by molar-refractivity contribution is 5.98. The lowest BCUT2D eigenvalue weighted by atomic mass is 9.94. The van der Waals surface area contributed by atoms with Crippen LogP contribution in [0.5, 0.6) is 0 Å². The molecule has 6 N–H and O–H groups in total. The first-order valence-corrected chi connectivity index (χ1v) is 7.10. The van der Waals surface area contributed by atoms with E-state index < -0.39 is 6.04 Å². The number of nitriles is 2. The zero-order valence-corrected chi connectivity index (χ0v) is 12.8. The lowest BCUT2D eigenvalue weighted by Crippen LogP contribution is -2.32. The molecule has 1 aromatic carbocycles. The van der Waals surface area contributed by atoms with Crippen LogP contribution in [0.3, 0.4) is 0 Å². The standard InChI is InChI=1S/C16H14N8/c1-8-3-2-4-9(5-8)13-11-12(19)10(6-17)14(20)23-15(11)24-16(22-13)21-7-18/h2-5,13H,1H3,(H6,19,20,21,22,23,24). The number of aliphatic imine (C=N–C) groups is 1. The van der Waals surface area contributed by atoms with Gasteiger partial charge in [0.1, 0.15) is 29.3 Å². The van der Waals surface area contributed by atoms with Crippen molar-refractivity contribution in [2.45, 2.75) is 13.0 Å². The topological polar surface area (TPSA) is 149 Å². The Bertz CT molecular complexity index is 932. The van der Waals surface area contributed by atoms with Gasteiger partial charge in [-0.3, -0.25) is 5.32 Å². The van der Waals surface area contributed by atoms with E-state index in [2.05, 4.69) is 20.6 Å². The van der Waals surface area contributed by atoms with E-state index >= 15 is 0 Å². The van der Waals surface area contributed by atoms with Gasteiger partial charge in [0.25, 0.3) is 0 Å². The van der Waals surface area contributed by atoms with Crippen molar-refractivity contribution in [2.75, 3.05) is 16.8 Å². The van der Waals surface area contributed by atoms with Gasteiger partial charge in [-0.15, -0.1) is 0 Å². The number of guanidine groups is 1. The number of aromatic nitrogens is 1. The Hall–Kier alpha value is -3.78. The molecule has 24 heavy (non-hydrogen) atoms. The Labute approximate surface area is 138 Å². The van der Waals surface area contributed by atoms with Gasteiger partial charge >= 0.3 is 0 Å². The van der Waals surface area contributed by atoms with Crippen LogP contribution in [-0.4, -0.2) is 10.9 Å². The van der Waals surface area contributed by atoms with Gasteiger partial charge in [-0.1, -0.05) is 29.8 Å². The fourth-order valence-corrected chi connectivity index (χ4v) is 2.66. The first kappa shape index (κ1) is 15.1. The number of benzene rings is 1. The van der Waals surface area contributed by atoms with Gasteiger partial charge in [-0.25, -0.2) is 9.98 Å². The highest BCUT2D eigenvalue weighted by atomic mass is 15.2. The number of nitrogens with two attached hydrogens (primary N) is 2. The van der Waals surface area contributed by atoms with Gasteiger partial charge in [0.05, 0.1) is 5.69 Å². The molecule has 0 saturated heterocycles. The van der Waals surface area contributed by atoms with Gasteiger partial charge in [0.15, 0.2) is 6.19 Å². The summed E-state index contributed by atoms with van der Waals surface area (Å²) in [5, 5.41) is 23.5. The third-order valence-electron chi connectivity index (χ3n) is 3.72. The molecular formula is C16H14N8. The van der Waals surface area contributed by atoms with E-state index in [0.29, 0.717) is 11.4 Å². The minimum atomic E-state index is -0.503. The number of fused-ring (bicyclic) bond motifs is 1. The minimum absolute atomic E-state index is 0.0300. The molecule has 8 heteroatoms. The van der Waals surface area contributed by atoms with Crippen molar-refractivity contribution in [3.05, 3.63) is 46.5 Å². The van der Waals surface area contributed by atoms with Crippen LogP contribution >= 0.6 is 0 Å². The van der Waals surface area contributed by atoms with Crippen molar-refractivity contribution in [1.82, 2.24) is 10.3 Å². The Kier molecular flexibility index (Phi) is 3.64. The van der Waals surface area contributed by atoms with Gasteiger partial charge in [0.2, 0.25) is 5.96 Å². The smallest absolute Gasteiger partial charge is 0.211 e. The maximum absolute atomic E-state index is 9.28. The summed E-state index contributed by atoms with van der Waals surface area (Å²) < 4.78 is 0. The van der Waals surface area contributed by atoms with E-state index in [9.17, 15) is 5.26 Å². The number of hydrogen-bond donors (Lipinski definition) is 4. The van der Waals surface area contributed by atoms with Crippen LogP contribution in [0.25, 0.3) is 0 Å². The van der Waals surface area contributed by atoms with Crippen LogP contribution in [-0.2, 0) is 0 Å². The molecule has 0 spiro atoms. The van der Waals surface area contributed by atoms with E-state index in [-0.39, 0.29) is 23.0 Å². The van der Waals surface area contributed by atoms with E-state index in [0.717, 1.165) is 11.1 Å². The number of pyridine rings is 1. The molecule has 1 unspecified atom stereocenters. The molecule has 1 aromatic heterocycles. The molecule has 0 saturated carbocycles. The SMILES string of the molecule is Cc1cccc(C2N=C(NC#N)Nc3nc(N)c(C#N)c(N)c32)c1. The van der Waals surface area contributed by atoms with E-state index in [1.54, 1.807) is 0 Å². The van der Waals surface area contributed by atoms with Crippen molar-refractivity contribution in [2.24, 2.45) is 4.99 Å². The Morgan fingerprint density at radius 2 is 2.08 bits per heavy atom. The average Bonchev–Trinajstić information content (AvgIpc) is 2.54. The number of anilines is 3. The number of nitrogen functional groups attached to an aromatic ring is 2. The van der Waals surface area contributed by atoms with Crippen molar-refractivity contribution < 1.29 is 0 Å². The maximum atomic E-state index is 9.28. The molecule has 118 valence electrons. The molecule has 0 aliphatic carbocycles. The van der Waals surface area contributed by atoms with E-state index in [1.807, 2.05) is 43.5 Å². The third-order valence-corrected chi connectivity index (χ3v) is 3.72. The third kappa shape index (κ3) is 2.42. The monoisotopic (exact) mass is 318 g/mol. The highest BCUT2D eigenvalue weighted by Crippen LogP contribution is 2.40. The molecule has 0 fully saturated rings. The Morgan fingerprint density at radius 3 is 2.75 bits per heavy atom. The molecular weight excluding hydrogens is 304 g/mol. The molecule has 2 aromatic rings. The second-order valence-electron chi connectivity index (χ2n) is 5.32. The molecule has 0 radical (unpaired) electrons. The summed E-state index contributed by atoms with van der Waals surface area (Å²) in [5.41, 5.74) is 14.8. The number of hydrogen-bond acceptors (Lipinski definition) is 8. The zero-order chi connectivity index (χ0) is 17.3. The van der Waals surface area contributed by atoms with E-state index in [4.69, 9.17) is 16.7 Å². The fourth-order valence-electron chi connectivity index (χ4n) is 2.66. The Balaban J connectivity index is 2.25. The number of nitrogens with zero attached hydrogens (tertiary/aromatic N) is 4. The quantitative estimate of drug-likeness (QED) is 0.458. The molecule has 3 rings (SSSR count). The van der Waals surface area contributed by atoms with Gasteiger partial charge in [0, 0.05) is 5.56 Å². The first-order chi connectivity index (χ1) is 11.5. The summed E-state index contributed by atoms with van der Waals surface area (Å²) in [5.74, 6) is 0.651. The second-order valence-corrected chi connectivity index (χ2v) is 5.32. The van der Waals surface area contributed by atoms with Crippen LogP contribution < -0.4 is 22.1 Å². The van der Waals surface area contributed by atoms with Crippen LogP contribution in [0.2, 0.25) is 0 Å². The molecule has 0 bridgehead atoms. The van der Waals surface area contributed by atoms with Crippen molar-refractivity contribution in [1.29, 1.82) is 10.5 Å². The predicted molar refractivity (Wildman–Crippen MR) is 90.6 cm³/mol. The summed E-state index contributed by atoms with van der Waals surface area (Å²) in [6.45, 7) is 1.97. The molecule has 0 amide bonds. The van der Waals surface area contributed by atoms with Crippen LogP contribution in [0.1, 0.15) is 28.3 Å². The molecule has 1 aliphatic rings. The fraction of sp³-hybridized carbons (Fsp3) is 0.125. The summed E-state index contributed by atoms with van der Waals surface area (Å²) in [6.07, 6.45) is 1.82. The van der Waals surface area contributed by atoms with Gasteiger partial charge in [-0.2, -0.15) is 10.5 Å². The van der Waals surface area contributed by atoms with Crippen LogP contribution in [0.15, 0.2) is 29.3 Å². The predicted octanol–water partition coefficient (Wildman–Crippen LogP) is 1.37. The largest absolute Gasteiger partial charge is 0.397 e. The molecule has 1 aliphatic heterocycles. The van der Waals surface area contributed by atoms with Crippen LogP contribution in [0.4, 0.5) is 17.3 Å². The van der Waals surface area contributed by atoms with Gasteiger partial charge in [-0.05, 0) is 12.5 Å². The average molecular weight is 318 g/mol. The summed E-state index contributed by atoms with van der Waals surface area (Å²) >= 11 is 0. The first-order valence-electron chi connectivity index (χ1n) is 7.10. The maximum Gasteiger partial charge on any atom is 0.211 e. The summed E-state index contributed by atoms with van der Waals surface area (Å²) in [7, 11) is 0. The lowest BCUT2D eigenvalue weighted by Gasteiger charge is -2.26. The molecule has 8 nitrogen and oxygen atoms in total.